The van der Waals surface area contributed by atoms with Gasteiger partial charge in [0, 0.05) is 19.0 Å². The van der Waals surface area contributed by atoms with E-state index in [1.54, 1.807) is 0 Å². The third-order valence-corrected chi connectivity index (χ3v) is 5.13. The molecular weight excluding hydrogens is 340 g/mol. The van der Waals surface area contributed by atoms with Crippen LogP contribution in [0, 0.1) is 0 Å². The SMILES string of the molecule is O=C(CC1COCCN1)NC(c1ccccc1)c1ccc2c(c1)CCCO2. The summed E-state index contributed by atoms with van der Waals surface area (Å²) in [4.78, 5) is 12.7. The summed E-state index contributed by atoms with van der Waals surface area (Å²) >= 11 is 0. The van der Waals surface area contributed by atoms with Crippen molar-refractivity contribution in [1.29, 1.82) is 0 Å². The van der Waals surface area contributed by atoms with Gasteiger partial charge in [0.15, 0.2) is 0 Å². The lowest BCUT2D eigenvalue weighted by Gasteiger charge is -2.26. The van der Waals surface area contributed by atoms with E-state index in [-0.39, 0.29) is 18.0 Å². The fraction of sp³-hybridized carbons (Fsp3) is 0.409. The van der Waals surface area contributed by atoms with Gasteiger partial charge in [-0.25, -0.2) is 0 Å². The van der Waals surface area contributed by atoms with Crippen molar-refractivity contribution in [2.24, 2.45) is 0 Å². The number of morpholine rings is 1. The number of rotatable bonds is 5. The minimum atomic E-state index is -0.171. The van der Waals surface area contributed by atoms with E-state index in [9.17, 15) is 4.79 Å². The first-order valence-electron chi connectivity index (χ1n) is 9.70. The Kier molecular flexibility index (Phi) is 5.70. The smallest absolute Gasteiger partial charge is 0.222 e. The molecule has 2 heterocycles. The Labute approximate surface area is 160 Å². The zero-order valence-corrected chi connectivity index (χ0v) is 15.4. The molecule has 0 spiro atoms. The lowest BCUT2D eigenvalue weighted by Crippen LogP contribution is -2.44. The number of nitrogens with one attached hydrogen (secondary N) is 2. The van der Waals surface area contributed by atoms with Gasteiger partial charge in [-0.3, -0.25) is 4.79 Å². The van der Waals surface area contributed by atoms with Crippen LogP contribution in [-0.2, 0) is 16.0 Å². The van der Waals surface area contributed by atoms with E-state index in [1.165, 1.54) is 5.56 Å². The van der Waals surface area contributed by atoms with Gasteiger partial charge in [0.2, 0.25) is 5.91 Å². The fourth-order valence-corrected chi connectivity index (χ4v) is 3.76. The number of carbonyl (C=O) groups excluding carboxylic acids is 1. The van der Waals surface area contributed by atoms with Crippen molar-refractivity contribution in [2.45, 2.75) is 31.3 Å². The molecule has 2 unspecified atom stereocenters. The van der Waals surface area contributed by atoms with Crippen LogP contribution in [0.5, 0.6) is 5.75 Å². The van der Waals surface area contributed by atoms with Crippen LogP contribution in [0.15, 0.2) is 48.5 Å². The van der Waals surface area contributed by atoms with Crippen molar-refractivity contribution < 1.29 is 14.3 Å². The average Bonchev–Trinajstić information content (AvgIpc) is 2.73. The molecule has 27 heavy (non-hydrogen) atoms. The molecule has 2 aromatic carbocycles. The topological polar surface area (TPSA) is 59.6 Å². The Bertz CT molecular complexity index is 772. The number of ether oxygens (including phenoxy) is 2. The molecule has 2 atom stereocenters. The maximum absolute atomic E-state index is 12.7. The van der Waals surface area contributed by atoms with Crippen LogP contribution in [0.25, 0.3) is 0 Å². The lowest BCUT2D eigenvalue weighted by molar-refractivity contribution is -0.122. The van der Waals surface area contributed by atoms with Crippen molar-refractivity contribution in [3.63, 3.8) is 0 Å². The highest BCUT2D eigenvalue weighted by Crippen LogP contribution is 2.30. The van der Waals surface area contributed by atoms with Crippen LogP contribution < -0.4 is 15.4 Å². The van der Waals surface area contributed by atoms with Gasteiger partial charge in [0.25, 0.3) is 0 Å². The fourth-order valence-electron chi connectivity index (χ4n) is 3.76. The Morgan fingerprint density at radius 3 is 2.85 bits per heavy atom. The third kappa shape index (κ3) is 4.49. The molecule has 5 nitrogen and oxygen atoms in total. The summed E-state index contributed by atoms with van der Waals surface area (Å²) in [6.45, 7) is 2.87. The Balaban J connectivity index is 1.55. The van der Waals surface area contributed by atoms with Gasteiger partial charge in [-0.15, -0.1) is 0 Å². The van der Waals surface area contributed by atoms with Gasteiger partial charge in [-0.1, -0.05) is 36.4 Å². The summed E-state index contributed by atoms with van der Waals surface area (Å²) in [6, 6.07) is 16.3. The number of fused-ring (bicyclic) bond motifs is 1. The van der Waals surface area contributed by atoms with E-state index in [4.69, 9.17) is 9.47 Å². The number of benzene rings is 2. The van der Waals surface area contributed by atoms with E-state index < -0.39 is 0 Å². The minimum absolute atomic E-state index is 0.0285. The first kappa shape index (κ1) is 18.0. The van der Waals surface area contributed by atoms with Crippen molar-refractivity contribution >= 4 is 5.91 Å². The van der Waals surface area contributed by atoms with E-state index in [2.05, 4.69) is 34.9 Å². The molecule has 2 aliphatic rings. The van der Waals surface area contributed by atoms with Crippen molar-refractivity contribution in [2.75, 3.05) is 26.4 Å². The van der Waals surface area contributed by atoms with Crippen LogP contribution in [0.3, 0.4) is 0 Å². The Morgan fingerprint density at radius 2 is 2.04 bits per heavy atom. The Hall–Kier alpha value is -2.37. The second-order valence-corrected chi connectivity index (χ2v) is 7.16. The zero-order chi connectivity index (χ0) is 18.5. The highest BCUT2D eigenvalue weighted by Gasteiger charge is 2.22. The second kappa shape index (κ2) is 8.55. The number of aryl methyl sites for hydroxylation is 1. The summed E-state index contributed by atoms with van der Waals surface area (Å²) in [5.74, 6) is 0.993. The first-order chi connectivity index (χ1) is 13.3. The second-order valence-electron chi connectivity index (χ2n) is 7.16. The van der Waals surface area contributed by atoms with E-state index in [0.717, 1.165) is 42.9 Å². The lowest BCUT2D eigenvalue weighted by atomic mass is 9.94. The summed E-state index contributed by atoms with van der Waals surface area (Å²) in [5, 5.41) is 6.57. The molecule has 0 bridgehead atoms. The Morgan fingerprint density at radius 1 is 1.15 bits per heavy atom. The summed E-state index contributed by atoms with van der Waals surface area (Å²) < 4.78 is 11.2. The number of carbonyl (C=O) groups is 1. The number of amides is 1. The molecule has 4 rings (SSSR count). The molecule has 2 N–H and O–H groups in total. The van der Waals surface area contributed by atoms with E-state index >= 15 is 0 Å². The monoisotopic (exact) mass is 366 g/mol. The summed E-state index contributed by atoms with van der Waals surface area (Å²) in [5.41, 5.74) is 3.39. The third-order valence-electron chi connectivity index (χ3n) is 5.13. The molecule has 1 fully saturated rings. The maximum Gasteiger partial charge on any atom is 0.222 e. The molecule has 1 saturated heterocycles. The predicted octanol–water partition coefficient (Wildman–Crippen LogP) is 2.60. The molecule has 0 radical (unpaired) electrons. The largest absolute Gasteiger partial charge is 0.493 e. The van der Waals surface area contributed by atoms with Gasteiger partial charge < -0.3 is 20.1 Å². The molecule has 0 aliphatic carbocycles. The van der Waals surface area contributed by atoms with Crippen LogP contribution in [0.4, 0.5) is 0 Å². The molecule has 5 heteroatoms. The predicted molar refractivity (Wildman–Crippen MR) is 104 cm³/mol. The molecule has 1 amide bonds. The molecular formula is C22H26N2O3. The van der Waals surface area contributed by atoms with Crippen LogP contribution >= 0.6 is 0 Å². The standard InChI is InChI=1S/C22H26N2O3/c25-21(14-19-15-26-12-10-23-19)24-22(16-5-2-1-3-6-16)18-8-9-20-17(13-18)7-4-11-27-20/h1-3,5-6,8-9,13,19,22-23H,4,7,10-12,14-15H2,(H,24,25). The average molecular weight is 366 g/mol. The van der Waals surface area contributed by atoms with Crippen molar-refractivity contribution in [1.82, 2.24) is 10.6 Å². The molecule has 2 aliphatic heterocycles. The van der Waals surface area contributed by atoms with Gasteiger partial charge in [-0.2, -0.15) is 0 Å². The molecule has 0 saturated carbocycles. The van der Waals surface area contributed by atoms with Crippen LogP contribution in [-0.4, -0.2) is 38.3 Å². The minimum Gasteiger partial charge on any atom is -0.493 e. The molecule has 0 aromatic heterocycles. The van der Waals surface area contributed by atoms with Crippen molar-refractivity contribution in [3.8, 4) is 5.75 Å². The van der Waals surface area contributed by atoms with Crippen molar-refractivity contribution in [3.05, 3.63) is 65.2 Å². The number of hydrogen-bond donors (Lipinski definition) is 2. The van der Waals surface area contributed by atoms with Gasteiger partial charge in [-0.05, 0) is 41.7 Å². The summed E-state index contributed by atoms with van der Waals surface area (Å²) in [7, 11) is 0. The van der Waals surface area contributed by atoms with Gasteiger partial charge >= 0.3 is 0 Å². The summed E-state index contributed by atoms with van der Waals surface area (Å²) in [6.07, 6.45) is 2.46. The highest BCUT2D eigenvalue weighted by molar-refractivity contribution is 5.77. The molecule has 2 aromatic rings. The van der Waals surface area contributed by atoms with Gasteiger partial charge in [0.1, 0.15) is 5.75 Å². The van der Waals surface area contributed by atoms with Crippen LogP contribution in [0.2, 0.25) is 0 Å². The highest BCUT2D eigenvalue weighted by atomic mass is 16.5. The maximum atomic E-state index is 12.7. The number of hydrogen-bond acceptors (Lipinski definition) is 4. The van der Waals surface area contributed by atoms with E-state index in [1.807, 2.05) is 24.3 Å². The first-order valence-corrected chi connectivity index (χ1v) is 9.70. The normalized spacial score (nSPS) is 20.2. The van der Waals surface area contributed by atoms with Gasteiger partial charge in [0.05, 0.1) is 25.9 Å². The van der Waals surface area contributed by atoms with Crippen LogP contribution in [0.1, 0.15) is 35.6 Å². The quantitative estimate of drug-likeness (QED) is 0.854. The zero-order valence-electron chi connectivity index (χ0n) is 15.4. The van der Waals surface area contributed by atoms with E-state index in [0.29, 0.717) is 19.6 Å². The molecule has 142 valence electrons.